The first kappa shape index (κ1) is 26.0. The molecule has 1 saturated carbocycles. The van der Waals surface area contributed by atoms with Crippen LogP contribution >= 0.6 is 0 Å². The second-order valence-electron chi connectivity index (χ2n) is 11.6. The van der Waals surface area contributed by atoms with Crippen molar-refractivity contribution in [3.05, 3.63) is 45.0 Å². The summed E-state index contributed by atoms with van der Waals surface area (Å²) in [7, 11) is 1.91. The lowest BCUT2D eigenvalue weighted by atomic mass is 9.57. The van der Waals surface area contributed by atoms with Gasteiger partial charge < -0.3 is 31.5 Å². The molecule has 0 bridgehead atoms. The van der Waals surface area contributed by atoms with E-state index in [1.165, 1.54) is 0 Å². The number of ketones is 2. The Labute approximate surface area is 224 Å². The predicted molar refractivity (Wildman–Crippen MR) is 136 cm³/mol. The third-order valence-corrected chi connectivity index (χ3v) is 9.59. The molecule has 0 aromatic heterocycles. The zero-order chi connectivity index (χ0) is 28.1. The Morgan fingerprint density at radius 1 is 1.21 bits per heavy atom. The second-order valence-corrected chi connectivity index (χ2v) is 11.6. The number of amides is 1. The van der Waals surface area contributed by atoms with Crippen LogP contribution in [0.2, 0.25) is 0 Å². The number of likely N-dealkylation sites (tertiary alicyclic amines) is 1. The topological polar surface area (TPSA) is 173 Å². The second kappa shape index (κ2) is 8.61. The number of aromatic hydroxyl groups is 1. The van der Waals surface area contributed by atoms with Crippen molar-refractivity contribution in [1.29, 1.82) is 0 Å². The van der Waals surface area contributed by atoms with E-state index in [1.807, 2.05) is 14.0 Å². The summed E-state index contributed by atoms with van der Waals surface area (Å²) in [6.07, 6.45) is 1.75. The van der Waals surface area contributed by atoms with E-state index in [1.54, 1.807) is 0 Å². The van der Waals surface area contributed by atoms with Crippen molar-refractivity contribution in [1.82, 2.24) is 10.2 Å². The summed E-state index contributed by atoms with van der Waals surface area (Å²) in [4.78, 5) is 41.3. The molecular weight excluding hydrogens is 509 g/mol. The van der Waals surface area contributed by atoms with Gasteiger partial charge in [-0.3, -0.25) is 19.3 Å². The summed E-state index contributed by atoms with van der Waals surface area (Å²) in [5, 5.41) is 48.3. The normalized spacial score (nSPS) is 33.6. The fraction of sp³-hybridized carbons (Fsp3) is 0.536. The summed E-state index contributed by atoms with van der Waals surface area (Å²) in [5.41, 5.74) is 2.24. The van der Waals surface area contributed by atoms with Crippen LogP contribution < -0.4 is 11.1 Å². The number of carbonyl (C=O) groups excluding carboxylic acids is 3. The van der Waals surface area contributed by atoms with Crippen LogP contribution in [0.25, 0.3) is 5.76 Å². The standard InChI is InChI=1S/C28H32FN3O7/c1-3-5-31-20-14-9-11-8-12-17(22(33)13-7-10-4-6-32(2)21(10)16(13)19(12)29)23(34)15(11)25(36)28(14,39)26(37)18(24(20)35)27(30)38/h10-11,14,20-21,31,33-34,37,39H,3-9H2,1-2H3,(H2,30,38)/t10?,11-,14-,20-,21?,28-/m0/s1. The first-order chi connectivity index (χ1) is 18.4. The molecule has 1 aliphatic heterocycles. The number of nitrogens with two attached hydrogens (primary N) is 1. The van der Waals surface area contributed by atoms with Crippen LogP contribution in [-0.4, -0.2) is 74.6 Å². The SMILES string of the molecule is CCCN[C@@H]1C(=O)C(C(N)=O)=C(O)[C@@]2(O)C(=O)C3=C(O)c4c(O)c5c(c(F)c4C[C@H]3C[C@@H]12)C1C(CCN1C)C5. The Balaban J connectivity index is 1.53. The lowest BCUT2D eigenvalue weighted by molar-refractivity contribution is -0.150. The van der Waals surface area contributed by atoms with Gasteiger partial charge in [-0.05, 0) is 64.1 Å². The van der Waals surface area contributed by atoms with Crippen LogP contribution in [0.1, 0.15) is 54.5 Å². The van der Waals surface area contributed by atoms with Crippen LogP contribution in [0, 0.1) is 23.6 Å². The van der Waals surface area contributed by atoms with Crippen LogP contribution in [0.15, 0.2) is 16.9 Å². The van der Waals surface area contributed by atoms with Crippen molar-refractivity contribution in [3.63, 3.8) is 0 Å². The number of carbonyl (C=O) groups is 3. The molecule has 0 radical (unpaired) electrons. The molecule has 1 saturated heterocycles. The maximum Gasteiger partial charge on any atom is 0.255 e. The summed E-state index contributed by atoms with van der Waals surface area (Å²) in [6, 6.07) is -1.40. The Hall–Kier alpha value is -3.28. The molecule has 2 fully saturated rings. The number of benzene rings is 1. The molecule has 1 heterocycles. The third-order valence-electron chi connectivity index (χ3n) is 9.59. The number of aliphatic hydroxyl groups excluding tert-OH is 2. The molecule has 4 aliphatic carbocycles. The molecule has 1 aromatic rings. The number of hydrogen-bond acceptors (Lipinski definition) is 9. The van der Waals surface area contributed by atoms with Crippen molar-refractivity contribution < 1.29 is 39.2 Å². The van der Waals surface area contributed by atoms with E-state index in [9.17, 15) is 34.8 Å². The minimum atomic E-state index is -2.72. The number of rotatable bonds is 4. The molecule has 1 amide bonds. The van der Waals surface area contributed by atoms with Gasteiger partial charge in [0.25, 0.3) is 5.91 Å². The minimum Gasteiger partial charge on any atom is -0.508 e. The number of fused-ring (bicyclic) bond motifs is 6. The summed E-state index contributed by atoms with van der Waals surface area (Å²) in [5.74, 6) is -7.71. The maximum absolute atomic E-state index is 16.2. The summed E-state index contributed by atoms with van der Waals surface area (Å²) < 4.78 is 16.2. The first-order valence-corrected chi connectivity index (χ1v) is 13.4. The smallest absolute Gasteiger partial charge is 0.255 e. The lowest BCUT2D eigenvalue weighted by Gasteiger charge is -2.49. The molecule has 2 unspecified atom stereocenters. The molecule has 6 rings (SSSR count). The fourth-order valence-corrected chi connectivity index (χ4v) is 7.85. The van der Waals surface area contributed by atoms with E-state index in [0.29, 0.717) is 30.5 Å². The summed E-state index contributed by atoms with van der Waals surface area (Å²) >= 11 is 0. The Morgan fingerprint density at radius 3 is 2.59 bits per heavy atom. The minimum absolute atomic E-state index is 0.0529. The maximum atomic E-state index is 16.2. The van der Waals surface area contributed by atoms with Gasteiger partial charge in [-0.2, -0.15) is 0 Å². The van der Waals surface area contributed by atoms with Gasteiger partial charge in [0.05, 0.1) is 11.6 Å². The van der Waals surface area contributed by atoms with E-state index >= 15 is 4.39 Å². The number of halogens is 1. The van der Waals surface area contributed by atoms with Gasteiger partial charge in [-0.1, -0.05) is 6.92 Å². The van der Waals surface area contributed by atoms with Gasteiger partial charge >= 0.3 is 0 Å². The highest BCUT2D eigenvalue weighted by Gasteiger charge is 2.64. The highest BCUT2D eigenvalue weighted by molar-refractivity contribution is 6.24. The molecule has 0 spiro atoms. The highest BCUT2D eigenvalue weighted by Crippen LogP contribution is 2.56. The molecule has 208 valence electrons. The molecule has 6 atom stereocenters. The molecule has 11 heteroatoms. The summed E-state index contributed by atoms with van der Waals surface area (Å²) in [6.45, 7) is 2.97. The van der Waals surface area contributed by atoms with Gasteiger partial charge in [-0.15, -0.1) is 0 Å². The predicted octanol–water partition coefficient (Wildman–Crippen LogP) is 1.09. The number of primary amides is 1. The molecule has 10 nitrogen and oxygen atoms in total. The molecule has 1 aromatic carbocycles. The highest BCUT2D eigenvalue weighted by atomic mass is 19.1. The number of Topliss-reactive ketones (excluding diaryl/α,β-unsaturated/α-hetero) is 2. The number of phenols is 1. The fourth-order valence-electron chi connectivity index (χ4n) is 7.85. The number of phenolic OH excluding ortho intramolecular Hbond substituents is 1. The van der Waals surface area contributed by atoms with Gasteiger partial charge in [0.1, 0.15) is 28.7 Å². The zero-order valence-corrected chi connectivity index (χ0v) is 21.8. The van der Waals surface area contributed by atoms with E-state index in [2.05, 4.69) is 10.2 Å². The van der Waals surface area contributed by atoms with Crippen molar-refractivity contribution in [3.8, 4) is 5.75 Å². The van der Waals surface area contributed by atoms with E-state index < -0.39 is 63.9 Å². The van der Waals surface area contributed by atoms with Crippen LogP contribution in [0.4, 0.5) is 4.39 Å². The van der Waals surface area contributed by atoms with Crippen molar-refractivity contribution in [2.24, 2.45) is 23.5 Å². The third kappa shape index (κ3) is 3.20. The van der Waals surface area contributed by atoms with Gasteiger partial charge in [0, 0.05) is 34.2 Å². The Kier molecular flexibility index (Phi) is 5.73. The largest absolute Gasteiger partial charge is 0.508 e. The molecule has 39 heavy (non-hydrogen) atoms. The average Bonchev–Trinajstić information content (AvgIpc) is 3.44. The van der Waals surface area contributed by atoms with Gasteiger partial charge in [0.15, 0.2) is 11.4 Å². The number of nitrogens with one attached hydrogen (secondary N) is 1. The lowest BCUT2D eigenvalue weighted by Crippen LogP contribution is -2.66. The first-order valence-electron chi connectivity index (χ1n) is 13.4. The van der Waals surface area contributed by atoms with E-state index in [0.717, 1.165) is 13.0 Å². The van der Waals surface area contributed by atoms with Crippen molar-refractivity contribution in [2.45, 2.75) is 56.7 Å². The van der Waals surface area contributed by atoms with E-state index in [-0.39, 0.29) is 47.3 Å². The molecule has 5 aliphatic rings. The Bertz CT molecular complexity index is 1420. The number of aliphatic hydroxyl groups is 3. The number of hydrogen-bond donors (Lipinski definition) is 6. The average molecular weight is 542 g/mol. The van der Waals surface area contributed by atoms with Crippen LogP contribution in [0.5, 0.6) is 5.75 Å². The van der Waals surface area contributed by atoms with Gasteiger partial charge in [-0.25, -0.2) is 4.39 Å². The van der Waals surface area contributed by atoms with E-state index in [4.69, 9.17) is 5.73 Å². The monoisotopic (exact) mass is 541 g/mol. The van der Waals surface area contributed by atoms with Gasteiger partial charge in [0.2, 0.25) is 5.78 Å². The quantitative estimate of drug-likeness (QED) is 0.305. The van der Waals surface area contributed by atoms with Crippen molar-refractivity contribution in [2.75, 3.05) is 20.1 Å². The zero-order valence-electron chi connectivity index (χ0n) is 21.8. The Morgan fingerprint density at radius 2 is 1.92 bits per heavy atom. The molecular formula is C28H32FN3O7. The van der Waals surface area contributed by atoms with Crippen molar-refractivity contribution >= 4 is 23.2 Å². The number of nitrogens with zero attached hydrogens (tertiary/aromatic N) is 1. The molecule has 7 N–H and O–H groups in total. The van der Waals surface area contributed by atoms with Crippen LogP contribution in [-0.2, 0) is 27.2 Å². The van der Waals surface area contributed by atoms with Crippen LogP contribution in [0.3, 0.4) is 0 Å².